The largest absolute Gasteiger partial charge is 0.463 e. The Morgan fingerprint density at radius 3 is 1.57 bits per heavy atom. The van der Waals surface area contributed by atoms with Gasteiger partial charge in [0.2, 0.25) is 0 Å². The average molecular weight is 341 g/mol. The van der Waals surface area contributed by atoms with Crippen molar-refractivity contribution in [2.45, 2.75) is 104 Å². The van der Waals surface area contributed by atoms with Gasteiger partial charge in [0.1, 0.15) is 0 Å². The van der Waals surface area contributed by atoms with Gasteiger partial charge in [0.15, 0.2) is 0 Å². The standard InChI is InChI=1S/C20H40O2Si/c1-6-7-8-9-10-11-12-13-14-15-16-17-18-22-20(21)19(2)23(3,4)5/h2,6-18H2,1,3-5H3. The van der Waals surface area contributed by atoms with Gasteiger partial charge in [-0.05, 0) is 6.42 Å². The van der Waals surface area contributed by atoms with Gasteiger partial charge in [-0.1, -0.05) is 104 Å². The minimum atomic E-state index is -1.60. The summed E-state index contributed by atoms with van der Waals surface area (Å²) in [7, 11) is -1.60. The number of ether oxygens (including phenoxy) is 1. The first-order valence-corrected chi connectivity index (χ1v) is 13.3. The van der Waals surface area contributed by atoms with Gasteiger partial charge in [-0.15, -0.1) is 0 Å². The molecule has 0 saturated heterocycles. The molecule has 0 radical (unpaired) electrons. The van der Waals surface area contributed by atoms with Crippen LogP contribution in [0.1, 0.15) is 84.0 Å². The summed E-state index contributed by atoms with van der Waals surface area (Å²) in [5.41, 5.74) is 0. The third-order valence-electron chi connectivity index (χ3n) is 4.38. The normalized spacial score (nSPS) is 11.5. The number of carbonyl (C=O) groups is 1. The van der Waals surface area contributed by atoms with Crippen molar-refractivity contribution < 1.29 is 9.53 Å². The van der Waals surface area contributed by atoms with E-state index in [2.05, 4.69) is 33.1 Å². The molecule has 0 saturated carbocycles. The highest BCUT2D eigenvalue weighted by molar-refractivity contribution is 6.86. The number of hydrogen-bond acceptors (Lipinski definition) is 2. The molecule has 0 rings (SSSR count). The van der Waals surface area contributed by atoms with Gasteiger partial charge in [-0.2, -0.15) is 0 Å². The summed E-state index contributed by atoms with van der Waals surface area (Å²) in [6.07, 6.45) is 15.9. The third-order valence-corrected chi connectivity index (χ3v) is 6.40. The number of carbonyl (C=O) groups excluding carboxylic acids is 1. The van der Waals surface area contributed by atoms with E-state index in [1.54, 1.807) is 0 Å². The zero-order valence-electron chi connectivity index (χ0n) is 16.2. The van der Waals surface area contributed by atoms with Crippen molar-refractivity contribution in [2.75, 3.05) is 6.61 Å². The molecule has 0 N–H and O–H groups in total. The summed E-state index contributed by atoms with van der Waals surface area (Å²) in [5.74, 6) is -0.174. The topological polar surface area (TPSA) is 26.3 Å². The van der Waals surface area contributed by atoms with Gasteiger partial charge in [0.05, 0.1) is 14.7 Å². The fourth-order valence-corrected chi connectivity index (χ4v) is 3.19. The lowest BCUT2D eigenvalue weighted by molar-refractivity contribution is -0.138. The van der Waals surface area contributed by atoms with Gasteiger partial charge in [-0.3, -0.25) is 0 Å². The summed E-state index contributed by atoms with van der Waals surface area (Å²) in [5, 5.41) is 0.705. The minimum Gasteiger partial charge on any atom is -0.463 e. The van der Waals surface area contributed by atoms with Crippen LogP contribution in [0.5, 0.6) is 0 Å². The monoisotopic (exact) mass is 340 g/mol. The number of hydrogen-bond donors (Lipinski definition) is 0. The van der Waals surface area contributed by atoms with Gasteiger partial charge >= 0.3 is 5.97 Å². The van der Waals surface area contributed by atoms with Crippen LogP contribution in [0, 0.1) is 0 Å². The van der Waals surface area contributed by atoms with Crippen LogP contribution in [0.3, 0.4) is 0 Å². The van der Waals surface area contributed by atoms with Crippen molar-refractivity contribution in [3.8, 4) is 0 Å². The van der Waals surface area contributed by atoms with Crippen LogP contribution in [0.2, 0.25) is 19.6 Å². The van der Waals surface area contributed by atoms with Crippen molar-refractivity contribution >= 4 is 14.0 Å². The molecule has 2 nitrogen and oxygen atoms in total. The molecule has 0 bridgehead atoms. The molecule has 3 heteroatoms. The molecular formula is C20H40O2Si. The molecule has 23 heavy (non-hydrogen) atoms. The summed E-state index contributed by atoms with van der Waals surface area (Å²) in [6.45, 7) is 13.1. The van der Waals surface area contributed by atoms with E-state index in [9.17, 15) is 4.79 Å². The fourth-order valence-electron chi connectivity index (χ4n) is 2.50. The van der Waals surface area contributed by atoms with Gasteiger partial charge in [0.25, 0.3) is 0 Å². The van der Waals surface area contributed by atoms with Gasteiger partial charge in [-0.25, -0.2) is 4.79 Å². The smallest absolute Gasteiger partial charge is 0.329 e. The molecule has 0 atom stereocenters. The van der Waals surface area contributed by atoms with E-state index >= 15 is 0 Å². The van der Waals surface area contributed by atoms with E-state index in [1.807, 2.05) is 0 Å². The van der Waals surface area contributed by atoms with Crippen LogP contribution < -0.4 is 0 Å². The van der Waals surface area contributed by atoms with Crippen LogP contribution >= 0.6 is 0 Å². The third kappa shape index (κ3) is 13.6. The maximum absolute atomic E-state index is 11.8. The highest BCUT2D eigenvalue weighted by Gasteiger charge is 2.24. The van der Waals surface area contributed by atoms with E-state index in [0.29, 0.717) is 11.8 Å². The molecule has 0 amide bonds. The van der Waals surface area contributed by atoms with Crippen LogP contribution in [-0.4, -0.2) is 20.7 Å². The van der Waals surface area contributed by atoms with E-state index in [0.717, 1.165) is 6.42 Å². The Balaban J connectivity index is 3.31. The van der Waals surface area contributed by atoms with Gasteiger partial charge in [0, 0.05) is 5.20 Å². The Hall–Kier alpha value is -0.573. The van der Waals surface area contributed by atoms with Gasteiger partial charge < -0.3 is 4.74 Å². The second kappa shape index (κ2) is 13.8. The lowest BCUT2D eigenvalue weighted by Crippen LogP contribution is -2.30. The Labute approximate surface area is 146 Å². The molecule has 0 unspecified atom stereocenters. The minimum absolute atomic E-state index is 0.174. The van der Waals surface area contributed by atoms with Crippen molar-refractivity contribution in [3.05, 3.63) is 11.8 Å². The van der Waals surface area contributed by atoms with Crippen LogP contribution in [0.25, 0.3) is 0 Å². The first kappa shape index (κ1) is 22.4. The quantitative estimate of drug-likeness (QED) is 0.144. The molecule has 0 spiro atoms. The molecule has 0 heterocycles. The summed E-state index contributed by atoms with van der Waals surface area (Å²) in [4.78, 5) is 11.8. The molecule has 0 aromatic rings. The summed E-state index contributed by atoms with van der Waals surface area (Å²) in [6, 6.07) is 0. The molecule has 0 aromatic carbocycles. The maximum atomic E-state index is 11.8. The lowest BCUT2D eigenvalue weighted by atomic mass is 10.1. The molecular weight excluding hydrogens is 300 g/mol. The molecule has 0 fully saturated rings. The Morgan fingerprint density at radius 1 is 0.783 bits per heavy atom. The van der Waals surface area contributed by atoms with Crippen molar-refractivity contribution in [1.82, 2.24) is 0 Å². The number of rotatable bonds is 15. The first-order valence-electron chi connectivity index (χ1n) is 9.76. The van der Waals surface area contributed by atoms with E-state index in [4.69, 9.17) is 4.74 Å². The molecule has 0 aliphatic carbocycles. The molecule has 0 aromatic heterocycles. The van der Waals surface area contributed by atoms with E-state index in [1.165, 1.54) is 70.6 Å². The molecule has 0 aliphatic heterocycles. The predicted octanol–water partition coefficient (Wildman–Crippen LogP) is 6.66. The summed E-state index contributed by atoms with van der Waals surface area (Å²) < 4.78 is 5.32. The van der Waals surface area contributed by atoms with E-state index in [-0.39, 0.29) is 5.97 Å². The second-order valence-corrected chi connectivity index (χ2v) is 12.9. The SMILES string of the molecule is C=C(C(=O)OCCCCCCCCCCCCCC)[Si](C)(C)C. The highest BCUT2D eigenvalue weighted by Crippen LogP contribution is 2.15. The molecule has 136 valence electrons. The van der Waals surface area contributed by atoms with Crippen molar-refractivity contribution in [1.29, 1.82) is 0 Å². The van der Waals surface area contributed by atoms with E-state index < -0.39 is 8.07 Å². The predicted molar refractivity (Wildman–Crippen MR) is 105 cm³/mol. The zero-order chi connectivity index (χ0) is 17.6. The Morgan fingerprint density at radius 2 is 1.17 bits per heavy atom. The first-order chi connectivity index (χ1) is 10.9. The van der Waals surface area contributed by atoms with Crippen LogP contribution in [-0.2, 0) is 9.53 Å². The van der Waals surface area contributed by atoms with Crippen molar-refractivity contribution in [3.63, 3.8) is 0 Å². The zero-order valence-corrected chi connectivity index (χ0v) is 17.2. The molecule has 0 aliphatic rings. The Bertz CT molecular complexity index is 318. The van der Waals surface area contributed by atoms with Crippen LogP contribution in [0.4, 0.5) is 0 Å². The number of esters is 1. The Kier molecular flexibility index (Phi) is 13.5. The maximum Gasteiger partial charge on any atom is 0.329 e. The average Bonchev–Trinajstić information content (AvgIpc) is 2.50. The van der Waals surface area contributed by atoms with Crippen molar-refractivity contribution in [2.24, 2.45) is 0 Å². The number of unbranched alkanes of at least 4 members (excludes halogenated alkanes) is 11. The second-order valence-electron chi connectivity index (χ2n) is 7.75. The van der Waals surface area contributed by atoms with Crippen LogP contribution in [0.15, 0.2) is 11.8 Å². The highest BCUT2D eigenvalue weighted by atomic mass is 28.3. The summed E-state index contributed by atoms with van der Waals surface area (Å²) >= 11 is 0. The fraction of sp³-hybridized carbons (Fsp3) is 0.850. The lowest BCUT2D eigenvalue weighted by Gasteiger charge is -2.17.